The Kier molecular flexibility index (Phi) is 5.21. The molecule has 0 saturated carbocycles. The lowest BCUT2D eigenvalue weighted by molar-refractivity contribution is 0.240. The number of furan rings is 1. The van der Waals surface area contributed by atoms with Crippen molar-refractivity contribution in [1.29, 1.82) is 0 Å². The molecule has 0 spiro atoms. The summed E-state index contributed by atoms with van der Waals surface area (Å²) in [4.78, 5) is 2.45. The molecule has 2 heterocycles. The summed E-state index contributed by atoms with van der Waals surface area (Å²) in [6.07, 6.45) is 0. The fourth-order valence-corrected chi connectivity index (χ4v) is 2.63. The molecule has 118 valence electrons. The molecule has 0 aliphatic carbocycles. The molecule has 5 heteroatoms. The molecule has 0 radical (unpaired) electrons. The summed E-state index contributed by atoms with van der Waals surface area (Å²) in [5.41, 5.74) is 0.897. The Hall–Kier alpha value is -1.69. The molecule has 0 atom stereocenters. The first kappa shape index (κ1) is 15.2. The Bertz CT molecular complexity index is 576. The summed E-state index contributed by atoms with van der Waals surface area (Å²) >= 11 is 0. The van der Waals surface area contributed by atoms with Crippen LogP contribution in [-0.2, 0) is 6.54 Å². The highest BCUT2D eigenvalue weighted by atomic mass is 19.1. The number of nitrogens with one attached hydrogen (secondary N) is 2. The second kappa shape index (κ2) is 7.54. The zero-order valence-corrected chi connectivity index (χ0v) is 12.6. The van der Waals surface area contributed by atoms with E-state index in [9.17, 15) is 4.39 Å². The van der Waals surface area contributed by atoms with E-state index in [0.29, 0.717) is 6.54 Å². The van der Waals surface area contributed by atoms with Crippen molar-refractivity contribution in [3.8, 4) is 11.3 Å². The highest BCUT2D eigenvalue weighted by Crippen LogP contribution is 2.22. The Labute approximate surface area is 130 Å². The van der Waals surface area contributed by atoms with Gasteiger partial charge in [-0.15, -0.1) is 0 Å². The van der Waals surface area contributed by atoms with Crippen LogP contribution in [0.5, 0.6) is 0 Å². The van der Waals surface area contributed by atoms with Crippen molar-refractivity contribution in [1.82, 2.24) is 15.5 Å². The van der Waals surface area contributed by atoms with E-state index in [1.807, 2.05) is 12.1 Å². The van der Waals surface area contributed by atoms with Crippen molar-refractivity contribution >= 4 is 0 Å². The second-order valence-corrected chi connectivity index (χ2v) is 5.54. The maximum absolute atomic E-state index is 12.9. The van der Waals surface area contributed by atoms with Crippen LogP contribution in [0.1, 0.15) is 5.76 Å². The highest BCUT2D eigenvalue weighted by molar-refractivity contribution is 5.57. The zero-order valence-electron chi connectivity index (χ0n) is 12.6. The van der Waals surface area contributed by atoms with Gasteiger partial charge in [0.2, 0.25) is 0 Å². The third-order valence-corrected chi connectivity index (χ3v) is 3.90. The SMILES string of the molecule is Fc1ccc(-c2ccc(CNCCN3CCNCC3)o2)cc1. The maximum Gasteiger partial charge on any atom is 0.134 e. The second-order valence-electron chi connectivity index (χ2n) is 5.54. The van der Waals surface area contributed by atoms with Crippen LogP contribution in [0, 0.1) is 5.82 Å². The summed E-state index contributed by atoms with van der Waals surface area (Å²) in [7, 11) is 0. The van der Waals surface area contributed by atoms with E-state index in [4.69, 9.17) is 4.42 Å². The lowest BCUT2D eigenvalue weighted by Crippen LogP contribution is -2.45. The molecule has 1 aromatic heterocycles. The predicted octanol–water partition coefficient (Wildman–Crippen LogP) is 2.08. The number of nitrogens with zero attached hydrogens (tertiary/aromatic N) is 1. The summed E-state index contributed by atoms with van der Waals surface area (Å²) in [6.45, 7) is 7.14. The standard InChI is InChI=1S/C17H22FN3O/c18-15-3-1-14(2-4-15)17-6-5-16(22-17)13-20-9-12-21-10-7-19-8-11-21/h1-6,19-20H,7-13H2. The minimum atomic E-state index is -0.231. The summed E-state index contributed by atoms with van der Waals surface area (Å²) in [6, 6.07) is 10.3. The molecular formula is C17H22FN3O. The number of hydrogen-bond donors (Lipinski definition) is 2. The molecule has 1 saturated heterocycles. The Morgan fingerprint density at radius 3 is 2.64 bits per heavy atom. The van der Waals surface area contributed by atoms with Crippen molar-refractivity contribution in [3.05, 3.63) is 48.0 Å². The van der Waals surface area contributed by atoms with Crippen LogP contribution in [0.2, 0.25) is 0 Å². The zero-order chi connectivity index (χ0) is 15.2. The fourth-order valence-electron chi connectivity index (χ4n) is 2.63. The highest BCUT2D eigenvalue weighted by Gasteiger charge is 2.09. The van der Waals surface area contributed by atoms with Gasteiger partial charge in [-0.3, -0.25) is 4.90 Å². The van der Waals surface area contributed by atoms with Crippen LogP contribution in [-0.4, -0.2) is 44.2 Å². The van der Waals surface area contributed by atoms with Gasteiger partial charge in [-0.2, -0.15) is 0 Å². The predicted molar refractivity (Wildman–Crippen MR) is 85.1 cm³/mol. The lowest BCUT2D eigenvalue weighted by Gasteiger charge is -2.27. The van der Waals surface area contributed by atoms with Crippen molar-refractivity contribution in [3.63, 3.8) is 0 Å². The average molecular weight is 303 g/mol. The van der Waals surface area contributed by atoms with E-state index < -0.39 is 0 Å². The minimum Gasteiger partial charge on any atom is -0.460 e. The van der Waals surface area contributed by atoms with Crippen molar-refractivity contribution < 1.29 is 8.81 Å². The van der Waals surface area contributed by atoms with E-state index >= 15 is 0 Å². The van der Waals surface area contributed by atoms with Gasteiger partial charge in [0, 0.05) is 44.8 Å². The molecule has 1 aliphatic rings. The van der Waals surface area contributed by atoms with E-state index in [1.165, 1.54) is 12.1 Å². The molecule has 2 N–H and O–H groups in total. The molecule has 1 aromatic carbocycles. The molecule has 0 unspecified atom stereocenters. The third-order valence-electron chi connectivity index (χ3n) is 3.90. The maximum atomic E-state index is 12.9. The Morgan fingerprint density at radius 1 is 1.09 bits per heavy atom. The molecule has 1 aliphatic heterocycles. The van der Waals surface area contributed by atoms with Crippen LogP contribution in [0.15, 0.2) is 40.8 Å². The van der Waals surface area contributed by atoms with Crippen molar-refractivity contribution in [2.75, 3.05) is 39.3 Å². The Morgan fingerprint density at radius 2 is 1.86 bits per heavy atom. The van der Waals surface area contributed by atoms with Crippen LogP contribution in [0.4, 0.5) is 4.39 Å². The first-order chi connectivity index (χ1) is 10.8. The van der Waals surface area contributed by atoms with Crippen LogP contribution >= 0.6 is 0 Å². The smallest absolute Gasteiger partial charge is 0.134 e. The van der Waals surface area contributed by atoms with Gasteiger partial charge < -0.3 is 15.1 Å². The monoisotopic (exact) mass is 303 g/mol. The topological polar surface area (TPSA) is 40.4 Å². The Balaban J connectivity index is 1.44. The van der Waals surface area contributed by atoms with Gasteiger partial charge in [-0.05, 0) is 36.4 Å². The first-order valence-corrected chi connectivity index (χ1v) is 7.80. The number of halogens is 1. The van der Waals surface area contributed by atoms with E-state index in [0.717, 1.165) is 56.4 Å². The molecule has 22 heavy (non-hydrogen) atoms. The number of benzene rings is 1. The molecular weight excluding hydrogens is 281 g/mol. The van der Waals surface area contributed by atoms with Crippen molar-refractivity contribution in [2.45, 2.75) is 6.54 Å². The normalized spacial score (nSPS) is 16.0. The molecule has 0 amide bonds. The van der Waals surface area contributed by atoms with E-state index in [2.05, 4.69) is 15.5 Å². The van der Waals surface area contributed by atoms with Crippen LogP contribution < -0.4 is 10.6 Å². The van der Waals surface area contributed by atoms with Gasteiger partial charge in [0.1, 0.15) is 17.3 Å². The van der Waals surface area contributed by atoms with Crippen LogP contribution in [0.3, 0.4) is 0 Å². The number of hydrogen-bond acceptors (Lipinski definition) is 4. The molecule has 3 rings (SSSR count). The lowest BCUT2D eigenvalue weighted by atomic mass is 10.2. The summed E-state index contributed by atoms with van der Waals surface area (Å²) in [5.74, 6) is 1.45. The molecule has 2 aromatic rings. The molecule has 1 fully saturated rings. The van der Waals surface area contributed by atoms with Gasteiger partial charge in [0.15, 0.2) is 0 Å². The average Bonchev–Trinajstić information content (AvgIpc) is 3.02. The number of rotatable bonds is 6. The minimum absolute atomic E-state index is 0.231. The van der Waals surface area contributed by atoms with Crippen LogP contribution in [0.25, 0.3) is 11.3 Å². The quantitative estimate of drug-likeness (QED) is 0.802. The van der Waals surface area contributed by atoms with Gasteiger partial charge >= 0.3 is 0 Å². The molecule has 4 nitrogen and oxygen atoms in total. The number of piperazine rings is 1. The van der Waals surface area contributed by atoms with Gasteiger partial charge in [0.25, 0.3) is 0 Å². The largest absolute Gasteiger partial charge is 0.460 e. The first-order valence-electron chi connectivity index (χ1n) is 7.80. The summed E-state index contributed by atoms with van der Waals surface area (Å²) < 4.78 is 18.7. The van der Waals surface area contributed by atoms with Gasteiger partial charge in [-0.1, -0.05) is 0 Å². The molecule has 0 bridgehead atoms. The third kappa shape index (κ3) is 4.16. The van der Waals surface area contributed by atoms with Gasteiger partial charge in [-0.25, -0.2) is 4.39 Å². The van der Waals surface area contributed by atoms with E-state index in [1.54, 1.807) is 12.1 Å². The fraction of sp³-hybridized carbons (Fsp3) is 0.412. The summed E-state index contributed by atoms with van der Waals surface area (Å²) in [5, 5.41) is 6.76. The van der Waals surface area contributed by atoms with Crippen molar-refractivity contribution in [2.24, 2.45) is 0 Å². The van der Waals surface area contributed by atoms with E-state index in [-0.39, 0.29) is 5.82 Å². The van der Waals surface area contributed by atoms with Gasteiger partial charge in [0.05, 0.1) is 6.54 Å².